The number of benzene rings is 3. The molecule has 3 aromatic rings. The van der Waals surface area contributed by atoms with Crippen LogP contribution < -0.4 is 0 Å². The summed E-state index contributed by atoms with van der Waals surface area (Å²) < 4.78 is 161. The second-order valence-corrected chi connectivity index (χ2v) is 14.3. The average molecular weight is 752 g/mol. The number of hydrogen-bond acceptors (Lipinski definition) is 5. The van der Waals surface area contributed by atoms with Crippen molar-refractivity contribution in [3.63, 3.8) is 0 Å². The Hall–Kier alpha value is -4.32. The van der Waals surface area contributed by atoms with Gasteiger partial charge in [0.2, 0.25) is 5.91 Å². The Labute approximate surface area is 286 Å². The first kappa shape index (κ1) is 37.9. The summed E-state index contributed by atoms with van der Waals surface area (Å²) in [5, 5.41) is -1.47. The van der Waals surface area contributed by atoms with Gasteiger partial charge < -0.3 is 19.4 Å². The van der Waals surface area contributed by atoms with E-state index in [1.165, 1.54) is 21.6 Å². The van der Waals surface area contributed by atoms with Crippen LogP contribution in [0.25, 0.3) is 0 Å². The van der Waals surface area contributed by atoms with E-state index in [2.05, 4.69) is 4.74 Å². The summed E-state index contributed by atoms with van der Waals surface area (Å²) in [7, 11) is -4.39. The Morgan fingerprint density at radius 3 is 1.78 bits per heavy atom. The molecule has 0 spiro atoms. The van der Waals surface area contributed by atoms with E-state index in [0.717, 1.165) is 42.5 Å². The summed E-state index contributed by atoms with van der Waals surface area (Å²) in [4.78, 5) is 29.0. The molecule has 2 aliphatic rings. The highest BCUT2D eigenvalue weighted by molar-refractivity contribution is 7.92. The maximum absolute atomic E-state index is 14.5. The number of nitrogens with zero attached hydrogens (tertiary/aromatic N) is 3. The monoisotopic (exact) mass is 751 g/mol. The van der Waals surface area contributed by atoms with Crippen molar-refractivity contribution in [3.05, 3.63) is 101 Å². The molecular formula is C33H30F9N3O5S. The van der Waals surface area contributed by atoms with Gasteiger partial charge in [0.05, 0.1) is 16.8 Å². The fourth-order valence-electron chi connectivity index (χ4n) is 6.33. The fourth-order valence-corrected chi connectivity index (χ4v) is 8.24. The first-order valence-corrected chi connectivity index (χ1v) is 16.9. The predicted octanol–water partition coefficient (Wildman–Crippen LogP) is 6.17. The van der Waals surface area contributed by atoms with Gasteiger partial charge in [0.15, 0.2) is 9.84 Å². The Morgan fingerprint density at radius 1 is 0.745 bits per heavy atom. The molecule has 5 rings (SSSR count). The Kier molecular flexibility index (Phi) is 10.4. The van der Waals surface area contributed by atoms with Crippen molar-refractivity contribution in [2.45, 2.75) is 47.5 Å². The molecule has 2 aliphatic heterocycles. The molecule has 2 fully saturated rings. The molecule has 0 aliphatic carbocycles. The van der Waals surface area contributed by atoms with E-state index >= 15 is 0 Å². The maximum Gasteiger partial charge on any atom is 0.430 e. The van der Waals surface area contributed by atoms with Crippen molar-refractivity contribution in [1.82, 2.24) is 14.7 Å². The highest BCUT2D eigenvalue weighted by Crippen LogP contribution is 2.53. The smallest absolute Gasteiger partial charge is 0.349 e. The van der Waals surface area contributed by atoms with Crippen molar-refractivity contribution in [2.24, 2.45) is 0 Å². The molecule has 0 aromatic heterocycles. The zero-order chi connectivity index (χ0) is 37.5. The summed E-state index contributed by atoms with van der Waals surface area (Å²) in [6.45, 7) is -0.466. The van der Waals surface area contributed by atoms with E-state index in [4.69, 9.17) is 0 Å². The second kappa shape index (κ2) is 14.0. The van der Waals surface area contributed by atoms with Crippen LogP contribution in [0, 0.1) is 17.5 Å². The molecule has 0 radical (unpaired) electrons. The number of carbonyl (C=O) groups excluding carboxylic acids is 2. The van der Waals surface area contributed by atoms with E-state index in [0.29, 0.717) is 24.3 Å². The molecule has 0 unspecified atom stereocenters. The number of sulfone groups is 1. The Balaban J connectivity index is 1.51. The number of ether oxygens (including phenoxy) is 1. The fraction of sp³-hybridized carbons (Fsp3) is 0.394. The number of likely N-dealkylation sites (tertiary alicyclic amines) is 1. The molecule has 2 heterocycles. The first-order chi connectivity index (χ1) is 23.8. The lowest BCUT2D eigenvalue weighted by Crippen LogP contribution is -2.55. The molecule has 0 saturated carbocycles. The quantitative estimate of drug-likeness (QED) is 0.213. The summed E-state index contributed by atoms with van der Waals surface area (Å²) >= 11 is 0. The van der Waals surface area contributed by atoms with Crippen LogP contribution in [-0.2, 0) is 31.6 Å². The van der Waals surface area contributed by atoms with E-state index in [9.17, 15) is 57.5 Å². The lowest BCUT2D eigenvalue weighted by atomic mass is 9.88. The molecule has 2 atom stereocenters. The topological polar surface area (TPSA) is 87.2 Å². The van der Waals surface area contributed by atoms with E-state index in [-0.39, 0.29) is 49.1 Å². The lowest BCUT2D eigenvalue weighted by molar-refractivity contribution is -0.392. The van der Waals surface area contributed by atoms with Gasteiger partial charge in [0, 0.05) is 63.2 Å². The third kappa shape index (κ3) is 7.24. The van der Waals surface area contributed by atoms with Gasteiger partial charge in [-0.2, -0.15) is 26.3 Å². The SMILES string of the molecule is CC(=O)N1CCN(C(=O)N2C[C@H](c3ccc(C(OCc4c(F)cccc4F)(C(F)(F)F)C(F)(F)F)cc3)[C@@H](S(=O)(=O)c3ccc(F)cc3)C2)CC1. The van der Waals surface area contributed by atoms with E-state index in [1.54, 1.807) is 0 Å². The molecule has 3 amide bonds. The number of halogens is 9. The largest absolute Gasteiger partial charge is 0.430 e. The molecule has 0 bridgehead atoms. The molecular weight excluding hydrogens is 721 g/mol. The number of carbonyl (C=O) groups is 2. The average Bonchev–Trinajstić information content (AvgIpc) is 3.52. The Bertz CT molecular complexity index is 1830. The van der Waals surface area contributed by atoms with Crippen LogP contribution >= 0.6 is 0 Å². The number of amides is 3. The standard InChI is InChI=1S/C33H30F9N3O5S/c1-20(46)43-13-15-44(16-14-43)30(47)45-17-25(29(18-45)51(48,49)24-11-9-23(34)10-12-24)21-5-7-22(8-6-21)31(32(37,38)39,33(40,41)42)50-19-26-27(35)3-2-4-28(26)36/h2-12,25,29H,13-19H2,1H3/t25-,29+/m1/s1. The molecule has 2 saturated heterocycles. The van der Waals surface area contributed by atoms with Crippen molar-refractivity contribution in [1.29, 1.82) is 0 Å². The van der Waals surface area contributed by atoms with Gasteiger partial charge >= 0.3 is 18.4 Å². The third-order valence-electron chi connectivity index (χ3n) is 9.11. The van der Waals surface area contributed by atoms with Crippen molar-refractivity contribution < 1.29 is 62.3 Å². The maximum atomic E-state index is 14.5. The van der Waals surface area contributed by atoms with Crippen LogP contribution in [0.4, 0.5) is 44.3 Å². The normalized spacial score (nSPS) is 19.1. The summed E-state index contributed by atoms with van der Waals surface area (Å²) in [5.41, 5.74) is -7.79. The van der Waals surface area contributed by atoms with Crippen LogP contribution in [0.1, 0.15) is 29.5 Å². The number of hydrogen-bond donors (Lipinski definition) is 0. The summed E-state index contributed by atoms with van der Waals surface area (Å²) in [6, 6.07) is 7.85. The summed E-state index contributed by atoms with van der Waals surface area (Å²) in [6.07, 6.45) is -12.4. The van der Waals surface area contributed by atoms with Crippen LogP contribution in [-0.4, -0.2) is 91.9 Å². The first-order valence-electron chi connectivity index (χ1n) is 15.4. The Morgan fingerprint density at radius 2 is 1.27 bits per heavy atom. The molecule has 276 valence electrons. The van der Waals surface area contributed by atoms with Crippen LogP contribution in [0.15, 0.2) is 71.6 Å². The number of urea groups is 1. The molecule has 0 N–H and O–H groups in total. The van der Waals surface area contributed by atoms with Crippen molar-refractivity contribution in [2.75, 3.05) is 39.3 Å². The summed E-state index contributed by atoms with van der Waals surface area (Å²) in [5.74, 6) is -5.00. The highest BCUT2D eigenvalue weighted by atomic mass is 32.2. The predicted molar refractivity (Wildman–Crippen MR) is 162 cm³/mol. The highest BCUT2D eigenvalue weighted by Gasteiger charge is 2.73. The minimum atomic E-state index is -6.20. The van der Waals surface area contributed by atoms with Gasteiger partial charge in [-0.1, -0.05) is 30.3 Å². The van der Waals surface area contributed by atoms with E-state index in [1.807, 2.05) is 0 Å². The van der Waals surface area contributed by atoms with Gasteiger partial charge in [-0.25, -0.2) is 26.4 Å². The molecule has 3 aromatic carbocycles. The van der Waals surface area contributed by atoms with Gasteiger partial charge in [-0.3, -0.25) is 4.79 Å². The minimum absolute atomic E-state index is 0.0514. The van der Waals surface area contributed by atoms with Gasteiger partial charge in [0.1, 0.15) is 17.5 Å². The zero-order valence-corrected chi connectivity index (χ0v) is 27.5. The number of piperazine rings is 1. The van der Waals surface area contributed by atoms with Gasteiger partial charge in [-0.15, -0.1) is 0 Å². The van der Waals surface area contributed by atoms with Crippen LogP contribution in [0.2, 0.25) is 0 Å². The minimum Gasteiger partial charge on any atom is -0.349 e. The zero-order valence-electron chi connectivity index (χ0n) is 26.6. The van der Waals surface area contributed by atoms with Crippen molar-refractivity contribution >= 4 is 21.8 Å². The molecule has 18 heteroatoms. The van der Waals surface area contributed by atoms with E-state index < -0.39 is 86.7 Å². The van der Waals surface area contributed by atoms with Gasteiger partial charge in [0.25, 0.3) is 5.60 Å². The van der Waals surface area contributed by atoms with Gasteiger partial charge in [-0.05, 0) is 42.0 Å². The third-order valence-corrected chi connectivity index (χ3v) is 11.3. The molecule has 8 nitrogen and oxygen atoms in total. The lowest BCUT2D eigenvalue weighted by Gasteiger charge is -2.37. The second-order valence-electron chi connectivity index (χ2n) is 12.1. The number of alkyl halides is 6. The molecule has 51 heavy (non-hydrogen) atoms. The number of rotatable bonds is 7. The van der Waals surface area contributed by atoms with Crippen LogP contribution in [0.5, 0.6) is 0 Å². The van der Waals surface area contributed by atoms with Crippen LogP contribution in [0.3, 0.4) is 0 Å². The van der Waals surface area contributed by atoms with Crippen molar-refractivity contribution in [3.8, 4) is 0 Å².